The van der Waals surface area contributed by atoms with Crippen LogP contribution in [0.4, 0.5) is 4.79 Å². The van der Waals surface area contributed by atoms with Gasteiger partial charge < -0.3 is 20.5 Å². The smallest absolute Gasteiger partial charge is 0.407 e. The molecule has 3 aromatic rings. The highest BCUT2D eigenvalue weighted by Gasteiger charge is 2.44. The van der Waals surface area contributed by atoms with Gasteiger partial charge in [0.25, 0.3) is 0 Å². The van der Waals surface area contributed by atoms with Crippen molar-refractivity contribution in [1.29, 1.82) is 0 Å². The zero-order valence-electron chi connectivity index (χ0n) is 19.0. The Morgan fingerprint density at radius 1 is 0.886 bits per heavy atom. The van der Waals surface area contributed by atoms with E-state index >= 15 is 0 Å². The van der Waals surface area contributed by atoms with Crippen molar-refractivity contribution in [2.45, 2.75) is 18.4 Å². The van der Waals surface area contributed by atoms with E-state index in [0.717, 1.165) is 11.1 Å². The molecule has 2 aliphatic rings. The summed E-state index contributed by atoms with van der Waals surface area (Å²) < 4.78 is 5.54. The zero-order valence-corrected chi connectivity index (χ0v) is 19.0. The Morgan fingerprint density at radius 2 is 1.49 bits per heavy atom. The Hall–Kier alpha value is -4.13. The Labute approximate surface area is 203 Å². The number of benzene rings is 3. The molecule has 1 saturated carbocycles. The van der Waals surface area contributed by atoms with E-state index in [1.165, 1.54) is 11.1 Å². The van der Waals surface area contributed by atoms with Gasteiger partial charge in [-0.3, -0.25) is 4.79 Å². The van der Waals surface area contributed by atoms with Crippen LogP contribution < -0.4 is 10.6 Å². The molecule has 5 rings (SSSR count). The van der Waals surface area contributed by atoms with Crippen LogP contribution in [0.5, 0.6) is 0 Å². The number of ether oxygens (including phenoxy) is 1. The molecule has 3 N–H and O–H groups in total. The van der Waals surface area contributed by atoms with Gasteiger partial charge in [0.2, 0.25) is 5.91 Å². The number of rotatable bonds is 8. The number of carbonyl (C=O) groups is 3. The van der Waals surface area contributed by atoms with Crippen LogP contribution in [-0.4, -0.2) is 36.2 Å². The predicted molar refractivity (Wildman–Crippen MR) is 130 cm³/mol. The maximum Gasteiger partial charge on any atom is 0.407 e. The number of carboxylic acid groups (broad SMARTS) is 1. The average molecular weight is 471 g/mol. The molecule has 3 atom stereocenters. The van der Waals surface area contributed by atoms with Gasteiger partial charge in [0.1, 0.15) is 6.61 Å². The Kier molecular flexibility index (Phi) is 6.23. The van der Waals surface area contributed by atoms with E-state index in [1.807, 2.05) is 24.3 Å². The summed E-state index contributed by atoms with van der Waals surface area (Å²) in [7, 11) is 0. The van der Waals surface area contributed by atoms with E-state index < -0.39 is 18.1 Å². The van der Waals surface area contributed by atoms with Gasteiger partial charge in [-0.05, 0) is 40.2 Å². The fourth-order valence-electron chi connectivity index (χ4n) is 4.84. The summed E-state index contributed by atoms with van der Waals surface area (Å²) in [5.74, 6) is -1.81. The summed E-state index contributed by atoms with van der Waals surface area (Å²) in [4.78, 5) is 36.6. The number of hydrogen-bond acceptors (Lipinski definition) is 4. The number of aliphatic carboxylic acids is 1. The molecular formula is C28H26N2O5. The molecule has 35 heavy (non-hydrogen) atoms. The van der Waals surface area contributed by atoms with Crippen molar-refractivity contribution in [2.24, 2.45) is 11.8 Å². The summed E-state index contributed by atoms with van der Waals surface area (Å²) in [6, 6.07) is 23.8. The summed E-state index contributed by atoms with van der Waals surface area (Å²) in [6.45, 7) is 0.531. The van der Waals surface area contributed by atoms with E-state index in [9.17, 15) is 19.5 Å². The highest BCUT2D eigenvalue weighted by atomic mass is 16.5. The lowest BCUT2D eigenvalue weighted by atomic mass is 9.98. The first-order valence-electron chi connectivity index (χ1n) is 11.7. The molecule has 2 amide bonds. The van der Waals surface area contributed by atoms with Crippen LogP contribution in [0.15, 0.2) is 78.9 Å². The monoisotopic (exact) mass is 470 g/mol. The Balaban J connectivity index is 1.11. The van der Waals surface area contributed by atoms with Crippen LogP contribution in [0.2, 0.25) is 0 Å². The maximum absolute atomic E-state index is 12.6. The largest absolute Gasteiger partial charge is 0.479 e. The van der Waals surface area contributed by atoms with Crippen molar-refractivity contribution in [3.8, 4) is 11.1 Å². The third kappa shape index (κ3) is 4.75. The topological polar surface area (TPSA) is 105 Å². The molecule has 2 aliphatic carbocycles. The second-order valence-electron chi connectivity index (χ2n) is 9.00. The van der Waals surface area contributed by atoms with E-state index in [0.29, 0.717) is 18.5 Å². The zero-order chi connectivity index (χ0) is 24.4. The second-order valence-corrected chi connectivity index (χ2v) is 9.00. The molecule has 0 spiro atoms. The van der Waals surface area contributed by atoms with Crippen molar-refractivity contribution in [3.05, 3.63) is 95.6 Å². The first kappa shape index (κ1) is 22.7. The lowest BCUT2D eigenvalue weighted by Gasteiger charge is -2.15. The maximum atomic E-state index is 12.6. The molecule has 0 saturated heterocycles. The number of nitrogens with one attached hydrogen (secondary N) is 2. The molecule has 1 fully saturated rings. The fraction of sp³-hybridized carbons (Fsp3) is 0.250. The third-order valence-electron chi connectivity index (χ3n) is 6.78. The average Bonchev–Trinajstić information content (AvgIpc) is 3.60. The summed E-state index contributed by atoms with van der Waals surface area (Å²) in [5, 5.41) is 14.9. The Morgan fingerprint density at radius 3 is 2.11 bits per heavy atom. The molecule has 0 heterocycles. The highest BCUT2D eigenvalue weighted by molar-refractivity contribution is 5.87. The Bertz CT molecular complexity index is 1210. The fourth-order valence-corrected chi connectivity index (χ4v) is 4.84. The molecule has 0 aliphatic heterocycles. The first-order chi connectivity index (χ1) is 17.0. The van der Waals surface area contributed by atoms with Gasteiger partial charge >= 0.3 is 12.1 Å². The standard InChI is InChI=1S/C28H26N2O5/c31-26(30-25(27(32)33)17-8-2-1-3-9-17)23-14-18(23)15-29-28(34)35-16-24-21-12-6-4-10-19(21)20-11-5-7-13-22(20)24/h1-13,18,23-25H,14-16H2,(H,29,34)(H,30,31)(H,32,33)/t18?,23?,25-/m0/s1. The van der Waals surface area contributed by atoms with Gasteiger partial charge in [-0.15, -0.1) is 0 Å². The minimum Gasteiger partial charge on any atom is -0.479 e. The highest BCUT2D eigenvalue weighted by Crippen LogP contribution is 2.44. The van der Waals surface area contributed by atoms with E-state index in [4.69, 9.17) is 4.74 Å². The van der Waals surface area contributed by atoms with Crippen LogP contribution in [0.1, 0.15) is 35.1 Å². The van der Waals surface area contributed by atoms with Gasteiger partial charge in [0.15, 0.2) is 6.04 Å². The SMILES string of the molecule is O=C(NCC1CC1C(=O)N[C@H](C(=O)O)c1ccccc1)OCC1c2ccccc2-c2ccccc21. The van der Waals surface area contributed by atoms with Gasteiger partial charge in [0, 0.05) is 18.4 Å². The predicted octanol–water partition coefficient (Wildman–Crippen LogP) is 4.10. The molecule has 2 unspecified atom stereocenters. The number of amides is 2. The van der Waals surface area contributed by atoms with E-state index in [2.05, 4.69) is 34.9 Å². The van der Waals surface area contributed by atoms with Crippen LogP contribution in [0.3, 0.4) is 0 Å². The third-order valence-corrected chi connectivity index (χ3v) is 6.78. The second kappa shape index (κ2) is 9.62. The minimum atomic E-state index is -1.11. The van der Waals surface area contributed by atoms with Crippen molar-refractivity contribution in [2.75, 3.05) is 13.2 Å². The molecule has 7 nitrogen and oxygen atoms in total. The summed E-state index contributed by atoms with van der Waals surface area (Å²) >= 11 is 0. The van der Waals surface area contributed by atoms with Crippen molar-refractivity contribution >= 4 is 18.0 Å². The molecule has 0 aromatic heterocycles. The van der Waals surface area contributed by atoms with E-state index in [-0.39, 0.29) is 30.3 Å². The number of alkyl carbamates (subject to hydrolysis) is 1. The van der Waals surface area contributed by atoms with Gasteiger partial charge in [-0.2, -0.15) is 0 Å². The normalized spacial score (nSPS) is 18.6. The molecule has 0 radical (unpaired) electrons. The van der Waals surface area contributed by atoms with Gasteiger partial charge in [-0.25, -0.2) is 9.59 Å². The number of carboxylic acids is 1. The quantitative estimate of drug-likeness (QED) is 0.460. The number of fused-ring (bicyclic) bond motifs is 3. The molecule has 178 valence electrons. The van der Waals surface area contributed by atoms with Crippen molar-refractivity contribution < 1.29 is 24.2 Å². The van der Waals surface area contributed by atoms with Crippen LogP contribution in [-0.2, 0) is 14.3 Å². The number of hydrogen-bond donors (Lipinski definition) is 3. The number of carbonyl (C=O) groups excluding carboxylic acids is 2. The van der Waals surface area contributed by atoms with Crippen LogP contribution in [0, 0.1) is 11.8 Å². The molecule has 0 bridgehead atoms. The minimum absolute atomic E-state index is 0.0152. The van der Waals surface area contributed by atoms with Gasteiger partial charge in [-0.1, -0.05) is 78.9 Å². The summed E-state index contributed by atoms with van der Waals surface area (Å²) in [6.07, 6.45) is 0.0713. The summed E-state index contributed by atoms with van der Waals surface area (Å²) in [5.41, 5.74) is 5.14. The van der Waals surface area contributed by atoms with Crippen molar-refractivity contribution in [3.63, 3.8) is 0 Å². The van der Waals surface area contributed by atoms with Gasteiger partial charge in [0.05, 0.1) is 0 Å². The first-order valence-corrected chi connectivity index (χ1v) is 11.7. The van der Waals surface area contributed by atoms with Crippen LogP contribution in [0.25, 0.3) is 11.1 Å². The lowest BCUT2D eigenvalue weighted by Crippen LogP contribution is -2.35. The molecule has 7 heteroatoms. The molecular weight excluding hydrogens is 444 g/mol. The van der Waals surface area contributed by atoms with Crippen molar-refractivity contribution in [1.82, 2.24) is 10.6 Å². The molecule has 3 aromatic carbocycles. The van der Waals surface area contributed by atoms with E-state index in [1.54, 1.807) is 30.3 Å². The van der Waals surface area contributed by atoms with Crippen LogP contribution >= 0.6 is 0 Å². The lowest BCUT2D eigenvalue weighted by molar-refractivity contribution is -0.142.